The minimum Gasteiger partial charge on any atom is -0.454 e. The predicted octanol–water partition coefficient (Wildman–Crippen LogP) is 4.42. The van der Waals surface area contributed by atoms with Crippen molar-refractivity contribution < 1.29 is 9.47 Å². The number of nitrogens with one attached hydrogen (secondary N) is 1. The van der Waals surface area contributed by atoms with Crippen LogP contribution in [0.4, 0.5) is 0 Å². The zero-order valence-corrected chi connectivity index (χ0v) is 15.3. The molecule has 0 saturated heterocycles. The lowest BCUT2D eigenvalue weighted by Gasteiger charge is -2.29. The summed E-state index contributed by atoms with van der Waals surface area (Å²) < 4.78 is 13.4. The number of aryl methyl sites for hydroxylation is 1. The van der Waals surface area contributed by atoms with E-state index in [1.807, 2.05) is 18.2 Å². The van der Waals surface area contributed by atoms with Crippen LogP contribution in [0, 0.1) is 18.3 Å². The summed E-state index contributed by atoms with van der Waals surface area (Å²) in [4.78, 5) is 3.65. The number of nitriles is 1. The summed E-state index contributed by atoms with van der Waals surface area (Å²) in [5, 5.41) is 10.9. The molecule has 1 N–H and O–H groups in total. The number of para-hydroxylation sites is 1. The Labute approximate surface area is 161 Å². The van der Waals surface area contributed by atoms with Gasteiger partial charge in [-0.2, -0.15) is 5.26 Å². The molecule has 0 bridgehead atoms. The fourth-order valence-corrected chi connectivity index (χ4v) is 4.68. The Bertz CT molecular complexity index is 1310. The Morgan fingerprint density at radius 1 is 1.11 bits per heavy atom. The minimum absolute atomic E-state index is 0.0391. The number of ether oxygens (including phenoxy) is 2. The van der Waals surface area contributed by atoms with Crippen molar-refractivity contribution in [1.82, 2.24) is 9.55 Å². The lowest BCUT2D eigenvalue weighted by Crippen LogP contribution is -2.22. The smallest absolute Gasteiger partial charge is 0.231 e. The SMILES string of the molecule is Cc1cc(C#N)c2n1C(c1ccc3c(c1)OCO3)c1[nH]c3ccccc3c1C2. The van der Waals surface area contributed by atoms with Gasteiger partial charge in [-0.3, -0.25) is 0 Å². The van der Waals surface area contributed by atoms with Crippen LogP contribution in [0.15, 0.2) is 48.5 Å². The summed E-state index contributed by atoms with van der Waals surface area (Å²) in [5.41, 5.74) is 7.58. The Morgan fingerprint density at radius 2 is 1.96 bits per heavy atom. The largest absolute Gasteiger partial charge is 0.454 e. The van der Waals surface area contributed by atoms with Crippen molar-refractivity contribution >= 4 is 10.9 Å². The van der Waals surface area contributed by atoms with E-state index in [1.54, 1.807) is 0 Å². The molecule has 5 nitrogen and oxygen atoms in total. The molecule has 2 aliphatic rings. The number of hydrogen-bond acceptors (Lipinski definition) is 3. The van der Waals surface area contributed by atoms with E-state index in [1.165, 1.54) is 16.6 Å². The molecular weight excluding hydrogens is 350 g/mol. The maximum Gasteiger partial charge on any atom is 0.231 e. The molecule has 1 atom stereocenters. The molecule has 0 aliphatic carbocycles. The lowest BCUT2D eigenvalue weighted by molar-refractivity contribution is 0.174. The minimum atomic E-state index is -0.0391. The number of nitrogens with zero attached hydrogens (tertiary/aromatic N) is 2. The molecule has 4 aromatic rings. The summed E-state index contributed by atoms with van der Waals surface area (Å²) in [6.45, 7) is 2.32. The third-order valence-corrected chi connectivity index (χ3v) is 5.89. The highest BCUT2D eigenvalue weighted by molar-refractivity contribution is 5.86. The van der Waals surface area contributed by atoms with Gasteiger partial charge >= 0.3 is 0 Å². The molecule has 2 aromatic carbocycles. The summed E-state index contributed by atoms with van der Waals surface area (Å²) in [7, 11) is 0. The van der Waals surface area contributed by atoms with Crippen LogP contribution in [-0.2, 0) is 6.42 Å². The third-order valence-electron chi connectivity index (χ3n) is 5.89. The first kappa shape index (κ1) is 15.4. The Morgan fingerprint density at radius 3 is 2.86 bits per heavy atom. The molecule has 28 heavy (non-hydrogen) atoms. The van der Waals surface area contributed by atoms with E-state index in [4.69, 9.17) is 9.47 Å². The van der Waals surface area contributed by atoms with Crippen LogP contribution in [0.1, 0.15) is 39.8 Å². The van der Waals surface area contributed by atoms with E-state index in [0.717, 1.165) is 46.0 Å². The van der Waals surface area contributed by atoms with E-state index >= 15 is 0 Å². The van der Waals surface area contributed by atoms with Gasteiger partial charge in [-0.25, -0.2) is 0 Å². The second-order valence-electron chi connectivity index (χ2n) is 7.38. The van der Waals surface area contributed by atoms with Crippen LogP contribution < -0.4 is 9.47 Å². The molecule has 0 saturated carbocycles. The Kier molecular flexibility index (Phi) is 2.99. The van der Waals surface area contributed by atoms with Crippen molar-refractivity contribution in [3.05, 3.63) is 82.3 Å². The number of aromatic amines is 1. The fourth-order valence-electron chi connectivity index (χ4n) is 4.68. The molecule has 2 aromatic heterocycles. The molecule has 2 aliphatic heterocycles. The molecular formula is C23H17N3O2. The van der Waals surface area contributed by atoms with Gasteiger partial charge in [-0.05, 0) is 42.3 Å². The first-order chi connectivity index (χ1) is 13.7. The van der Waals surface area contributed by atoms with Gasteiger partial charge in [0.05, 0.1) is 11.6 Å². The number of H-pyrrole nitrogens is 1. The molecule has 5 heteroatoms. The number of rotatable bonds is 1. The van der Waals surface area contributed by atoms with Gasteiger partial charge < -0.3 is 19.0 Å². The molecule has 1 unspecified atom stereocenters. The summed E-state index contributed by atoms with van der Waals surface area (Å²) >= 11 is 0. The van der Waals surface area contributed by atoms with Crippen molar-refractivity contribution in [1.29, 1.82) is 5.26 Å². The molecule has 0 fully saturated rings. The molecule has 4 heterocycles. The van der Waals surface area contributed by atoms with Gasteiger partial charge in [0, 0.05) is 34.4 Å². The zero-order valence-electron chi connectivity index (χ0n) is 15.3. The van der Waals surface area contributed by atoms with Crippen molar-refractivity contribution in [2.24, 2.45) is 0 Å². The van der Waals surface area contributed by atoms with Crippen molar-refractivity contribution in [3.8, 4) is 17.6 Å². The Hall–Kier alpha value is -3.65. The quantitative estimate of drug-likeness (QED) is 0.477. The van der Waals surface area contributed by atoms with E-state index in [2.05, 4.69) is 52.9 Å². The van der Waals surface area contributed by atoms with Crippen LogP contribution in [-0.4, -0.2) is 16.3 Å². The predicted molar refractivity (Wildman–Crippen MR) is 105 cm³/mol. The zero-order chi connectivity index (χ0) is 18.8. The van der Waals surface area contributed by atoms with Gasteiger partial charge in [-0.1, -0.05) is 24.3 Å². The van der Waals surface area contributed by atoms with Gasteiger partial charge in [-0.15, -0.1) is 0 Å². The second-order valence-corrected chi connectivity index (χ2v) is 7.38. The first-order valence-corrected chi connectivity index (χ1v) is 9.34. The first-order valence-electron chi connectivity index (χ1n) is 9.34. The van der Waals surface area contributed by atoms with Crippen LogP contribution in [0.2, 0.25) is 0 Å². The average Bonchev–Trinajstić information content (AvgIpc) is 3.41. The van der Waals surface area contributed by atoms with Crippen LogP contribution >= 0.6 is 0 Å². The highest BCUT2D eigenvalue weighted by Gasteiger charge is 2.33. The van der Waals surface area contributed by atoms with Crippen LogP contribution in [0.25, 0.3) is 10.9 Å². The fraction of sp³-hybridized carbons (Fsp3) is 0.174. The normalized spacial score (nSPS) is 16.6. The number of aromatic nitrogens is 2. The average molecular weight is 367 g/mol. The topological polar surface area (TPSA) is 63.0 Å². The number of benzene rings is 2. The highest BCUT2D eigenvalue weighted by atomic mass is 16.7. The van der Waals surface area contributed by atoms with E-state index in [-0.39, 0.29) is 12.8 Å². The van der Waals surface area contributed by atoms with Gasteiger partial charge in [0.15, 0.2) is 11.5 Å². The molecule has 0 spiro atoms. The molecule has 6 rings (SSSR count). The van der Waals surface area contributed by atoms with Crippen LogP contribution in [0.5, 0.6) is 11.5 Å². The molecule has 0 amide bonds. The van der Waals surface area contributed by atoms with Crippen LogP contribution in [0.3, 0.4) is 0 Å². The summed E-state index contributed by atoms with van der Waals surface area (Å²) in [6, 6.07) is 18.8. The van der Waals surface area contributed by atoms with Crippen molar-refractivity contribution in [2.45, 2.75) is 19.4 Å². The van der Waals surface area contributed by atoms with Crippen molar-refractivity contribution in [3.63, 3.8) is 0 Å². The number of hydrogen-bond donors (Lipinski definition) is 1. The van der Waals surface area contributed by atoms with Crippen molar-refractivity contribution in [2.75, 3.05) is 6.79 Å². The van der Waals surface area contributed by atoms with Gasteiger partial charge in [0.1, 0.15) is 6.07 Å². The van der Waals surface area contributed by atoms with Gasteiger partial charge in [0.25, 0.3) is 0 Å². The molecule has 0 radical (unpaired) electrons. The maximum absolute atomic E-state index is 9.69. The molecule has 136 valence electrons. The second kappa shape index (κ2) is 5.43. The highest BCUT2D eigenvalue weighted by Crippen LogP contribution is 2.44. The standard InChI is InChI=1S/C23H17N3O2/c1-13-8-15(11-24)19-10-17-16-4-2-3-5-18(16)25-22(17)23(26(13)19)14-6-7-20-21(9-14)28-12-27-20/h2-9,23,25H,10,12H2,1H3. The van der Waals surface area contributed by atoms with E-state index in [9.17, 15) is 5.26 Å². The van der Waals surface area contributed by atoms with E-state index < -0.39 is 0 Å². The Balaban J connectivity index is 1.66. The summed E-state index contributed by atoms with van der Waals surface area (Å²) in [5.74, 6) is 1.55. The monoisotopic (exact) mass is 367 g/mol. The van der Waals surface area contributed by atoms with E-state index in [0.29, 0.717) is 0 Å². The maximum atomic E-state index is 9.69. The lowest BCUT2D eigenvalue weighted by atomic mass is 9.92. The number of fused-ring (bicyclic) bond motifs is 5. The third kappa shape index (κ3) is 1.95. The summed E-state index contributed by atoms with van der Waals surface area (Å²) in [6.07, 6.45) is 0.747. The van der Waals surface area contributed by atoms with Gasteiger partial charge in [0.2, 0.25) is 6.79 Å².